The van der Waals surface area contributed by atoms with Crippen molar-refractivity contribution in [2.45, 2.75) is 141 Å². The molecule has 0 radical (unpaired) electrons. The van der Waals surface area contributed by atoms with Gasteiger partial charge >= 0.3 is 56.7 Å². The highest BCUT2D eigenvalue weighted by atomic mass is 19.4. The molecule has 4 rings (SSSR count). The number of hydrogen-bond acceptors (Lipinski definition) is 5. The van der Waals surface area contributed by atoms with Crippen LogP contribution in [0.2, 0.25) is 0 Å². The Morgan fingerprint density at radius 3 is 1.10 bits per heavy atom. The van der Waals surface area contributed by atoms with Crippen LogP contribution in [-0.2, 0) is 64.6 Å². The van der Waals surface area contributed by atoms with Crippen molar-refractivity contribution in [3.8, 4) is 17.2 Å². The Morgan fingerprint density at radius 1 is 0.432 bits per heavy atom. The van der Waals surface area contributed by atoms with Crippen LogP contribution < -0.4 is 14.0 Å². The molecule has 31 heteroatoms. The molecule has 81 heavy (non-hydrogen) atoms. The first-order valence-corrected chi connectivity index (χ1v) is 24.0. The van der Waals surface area contributed by atoms with E-state index in [-0.39, 0.29) is 81.4 Å². The summed E-state index contributed by atoms with van der Waals surface area (Å²) >= 11 is 0. The van der Waals surface area contributed by atoms with Gasteiger partial charge in [-0.25, -0.2) is 0 Å². The second-order valence-electron chi connectivity index (χ2n) is 18.0. The molecule has 0 spiro atoms. The lowest BCUT2D eigenvalue weighted by Crippen LogP contribution is -2.68. The number of unbranched alkanes of at least 4 members (excludes halogenated alkanes) is 2. The maximum Gasteiger partial charge on any atom is 0.864 e. The number of alkyl halides is 24. The lowest BCUT2D eigenvalue weighted by molar-refractivity contribution is -1.04. The van der Waals surface area contributed by atoms with Gasteiger partial charge in [-0.3, -0.25) is 4.48 Å². The summed E-state index contributed by atoms with van der Waals surface area (Å²) in [7, 11) is -3.38. The SMILES string of the molecule is CCCC[N+](CCCC)(C(C)OCCC)C(C)(OCCC)c1c(OB(Oc2cc(C(F)(F)F)cc(C(F)(F)F)c2)Oc2cc(C(F)(F)F)cc(C(F)(F)F)c2)cc(C(F)(F)F)cc1C(F)(F)F.FC(F)(F)c1c[c-]cc(C(F)(F)F)c1. The molecule has 0 aliphatic carbocycles. The van der Waals surface area contributed by atoms with Gasteiger partial charge in [-0.15, -0.1) is 6.07 Å². The van der Waals surface area contributed by atoms with E-state index in [9.17, 15) is 92.2 Å². The van der Waals surface area contributed by atoms with Gasteiger partial charge in [-0.05, 0) is 74.2 Å². The number of benzene rings is 4. The summed E-state index contributed by atoms with van der Waals surface area (Å²) in [4.78, 5) is 0. The Balaban J connectivity index is 0.00000107. The predicted molar refractivity (Wildman–Crippen MR) is 241 cm³/mol. The maximum atomic E-state index is 15.6. The van der Waals surface area contributed by atoms with Crippen LogP contribution >= 0.6 is 0 Å². The van der Waals surface area contributed by atoms with Crippen molar-refractivity contribution < 1.29 is 133 Å². The highest BCUT2D eigenvalue weighted by molar-refractivity contribution is 6.39. The van der Waals surface area contributed by atoms with E-state index < -0.39 is 159 Å². The van der Waals surface area contributed by atoms with E-state index in [0.717, 1.165) is 6.92 Å². The van der Waals surface area contributed by atoms with Gasteiger partial charge in [-0.1, -0.05) is 51.7 Å². The van der Waals surface area contributed by atoms with Crippen LogP contribution in [0.4, 0.5) is 105 Å². The molecule has 6 nitrogen and oxygen atoms in total. The van der Waals surface area contributed by atoms with Crippen LogP contribution in [0.3, 0.4) is 0 Å². The monoisotopic (exact) mass is 1210 g/mol. The van der Waals surface area contributed by atoms with E-state index in [0.29, 0.717) is 31.4 Å². The van der Waals surface area contributed by atoms with Gasteiger partial charge in [0.2, 0.25) is 5.72 Å². The smallest absolute Gasteiger partial charge is 0.490 e. The zero-order valence-electron chi connectivity index (χ0n) is 43.1. The summed E-state index contributed by atoms with van der Waals surface area (Å²) in [5.41, 5.74) is -19.3. The van der Waals surface area contributed by atoms with Gasteiger partial charge < -0.3 is 23.4 Å². The van der Waals surface area contributed by atoms with Crippen molar-refractivity contribution in [3.63, 3.8) is 0 Å². The molecule has 456 valence electrons. The predicted octanol–water partition coefficient (Wildman–Crippen LogP) is 18.6. The minimum Gasteiger partial charge on any atom is -0.490 e. The zero-order chi connectivity index (χ0) is 62.2. The number of rotatable bonds is 21. The average molecular weight is 1210 g/mol. The van der Waals surface area contributed by atoms with Gasteiger partial charge in [0, 0.05) is 13.8 Å². The lowest BCUT2D eigenvalue weighted by atomic mass is 9.89. The molecular weight excluding hydrogens is 1160 g/mol. The normalized spacial score (nSPS) is 14.4. The number of quaternary nitrogens is 1. The van der Waals surface area contributed by atoms with Gasteiger partial charge in [-0.2, -0.15) is 124 Å². The highest BCUT2D eigenvalue weighted by Gasteiger charge is 2.59. The molecule has 0 aromatic heterocycles. The Morgan fingerprint density at radius 2 is 0.778 bits per heavy atom. The minimum absolute atomic E-state index is 0.0106. The van der Waals surface area contributed by atoms with Gasteiger partial charge in [0.25, 0.3) is 0 Å². The molecule has 0 amide bonds. The number of halogens is 24. The first-order valence-electron chi connectivity index (χ1n) is 24.0. The zero-order valence-corrected chi connectivity index (χ0v) is 43.1. The van der Waals surface area contributed by atoms with Gasteiger partial charge in [0.15, 0.2) is 6.23 Å². The summed E-state index contributed by atoms with van der Waals surface area (Å²) in [5.74, 6) is -4.86. The van der Waals surface area contributed by atoms with Crippen LogP contribution in [0, 0.1) is 6.07 Å². The molecule has 2 unspecified atom stereocenters. The lowest BCUT2D eigenvalue weighted by Gasteiger charge is -2.54. The molecule has 4 aromatic carbocycles. The Bertz CT molecular complexity index is 2480. The van der Waals surface area contributed by atoms with E-state index in [2.05, 4.69) is 0 Å². The van der Waals surface area contributed by atoms with Crippen molar-refractivity contribution >= 4 is 7.32 Å². The summed E-state index contributed by atoms with van der Waals surface area (Å²) in [6.45, 7) is 8.46. The molecule has 0 N–H and O–H groups in total. The van der Waals surface area contributed by atoms with Crippen LogP contribution in [-0.4, -0.2) is 44.3 Å². The minimum atomic E-state index is -5.80. The summed E-state index contributed by atoms with van der Waals surface area (Å²) < 4.78 is 358. The molecule has 0 aliphatic rings. The molecule has 0 saturated carbocycles. The molecule has 4 aromatic rings. The van der Waals surface area contributed by atoms with Crippen molar-refractivity contribution in [3.05, 3.63) is 123 Å². The standard InChI is InChI=1S/C42H47BF18NO5.C8H3F6/c1-7-11-13-62(14-12-8-2,25(5)63-15-9-3)36(6,64-16-10-4)35-33(42(59,60)61)23-30(41(56,57)58)24-34(35)67-43(65-31-19-26(37(44,45)46)17-27(20-31)38(47,48)49)66-32-21-28(39(50,51)52)18-29(22-32)40(53,54)55;9-7(10,11)5-2-1-3-6(4-5)8(12,13)14/h17-25H,7-16H2,1-6H3;2-4H/q+1;-1. The summed E-state index contributed by atoms with van der Waals surface area (Å²) in [6.07, 6.45) is -43.2. The van der Waals surface area contributed by atoms with Gasteiger partial charge in [0.1, 0.15) is 17.2 Å². The van der Waals surface area contributed by atoms with Crippen molar-refractivity contribution in [2.75, 3.05) is 26.3 Å². The summed E-state index contributed by atoms with van der Waals surface area (Å²) in [6, 6.07) is 0.865. The fourth-order valence-corrected chi connectivity index (χ4v) is 8.05. The van der Waals surface area contributed by atoms with Crippen molar-refractivity contribution in [1.29, 1.82) is 0 Å². The van der Waals surface area contributed by atoms with E-state index in [1.165, 1.54) is 13.8 Å². The van der Waals surface area contributed by atoms with E-state index >= 15 is 13.2 Å². The maximum absolute atomic E-state index is 15.6. The number of hydrogen-bond donors (Lipinski definition) is 0. The second-order valence-corrected chi connectivity index (χ2v) is 18.0. The Labute approximate surface area is 448 Å². The quantitative estimate of drug-likeness (QED) is 0.0274. The first kappa shape index (κ1) is 69.8. The van der Waals surface area contributed by atoms with Crippen molar-refractivity contribution in [1.82, 2.24) is 0 Å². The third kappa shape index (κ3) is 18.8. The third-order valence-corrected chi connectivity index (χ3v) is 12.0. The molecule has 0 bridgehead atoms. The van der Waals surface area contributed by atoms with Crippen LogP contribution in [0.15, 0.2) is 66.7 Å². The van der Waals surface area contributed by atoms with E-state index in [1.54, 1.807) is 26.8 Å². The van der Waals surface area contributed by atoms with E-state index in [1.807, 2.05) is 0 Å². The molecule has 0 saturated heterocycles. The molecule has 0 heterocycles. The molecule has 0 aliphatic heterocycles. The average Bonchev–Trinajstić information content (AvgIpc) is 3.32. The molecule has 0 fully saturated rings. The molecule has 2 atom stereocenters. The number of nitrogens with zero attached hydrogens (tertiary/aromatic N) is 1. The first-order chi connectivity index (χ1) is 36.8. The number of ether oxygens (including phenoxy) is 2. The highest BCUT2D eigenvalue weighted by Crippen LogP contribution is 2.52. The van der Waals surface area contributed by atoms with E-state index in [4.69, 9.17) is 23.4 Å². The Kier molecular flexibility index (Phi) is 22.8. The summed E-state index contributed by atoms with van der Waals surface area (Å²) in [5, 5.41) is 0. The van der Waals surface area contributed by atoms with Crippen molar-refractivity contribution in [2.24, 2.45) is 0 Å². The fraction of sp³-hybridized carbons (Fsp3) is 0.520. The van der Waals surface area contributed by atoms with Crippen LogP contribution in [0.1, 0.15) is 130 Å². The van der Waals surface area contributed by atoms with Crippen LogP contribution in [0.25, 0.3) is 0 Å². The molecular formula is C50H50BF24NO5. The largest absolute Gasteiger partial charge is 0.864 e. The van der Waals surface area contributed by atoms with Crippen LogP contribution in [0.5, 0.6) is 17.2 Å². The van der Waals surface area contributed by atoms with Gasteiger partial charge in [0.05, 0.1) is 65.2 Å². The third-order valence-electron chi connectivity index (χ3n) is 12.0. The second kappa shape index (κ2) is 26.4. The topological polar surface area (TPSA) is 46.2 Å². The fourth-order valence-electron chi connectivity index (χ4n) is 8.05. The Hall–Kier alpha value is -5.46.